The molecule has 0 radical (unpaired) electrons. The Labute approximate surface area is 84.2 Å². The van der Waals surface area contributed by atoms with E-state index in [1.54, 1.807) is 0 Å². The predicted octanol–water partition coefficient (Wildman–Crippen LogP) is 3.34. The van der Waals surface area contributed by atoms with Crippen molar-refractivity contribution in [3.63, 3.8) is 0 Å². The number of alkyl halides is 2. The van der Waals surface area contributed by atoms with Gasteiger partial charge >= 0.3 is 5.97 Å². The van der Waals surface area contributed by atoms with Crippen molar-refractivity contribution in [1.82, 2.24) is 0 Å². The fourth-order valence-electron chi connectivity index (χ4n) is 1.15. The van der Waals surface area contributed by atoms with Crippen molar-refractivity contribution in [3.05, 3.63) is 21.4 Å². The first kappa shape index (κ1) is 11.1. The molecule has 78 valence electrons. The van der Waals surface area contributed by atoms with Gasteiger partial charge in [0.2, 0.25) is 0 Å². The van der Waals surface area contributed by atoms with Crippen LogP contribution in [0.25, 0.3) is 0 Å². The number of halogens is 2. The Morgan fingerprint density at radius 1 is 1.64 bits per heavy atom. The Morgan fingerprint density at radius 2 is 2.29 bits per heavy atom. The lowest BCUT2D eigenvalue weighted by atomic mass is 10.2. The number of aromatic carboxylic acids is 1. The van der Waals surface area contributed by atoms with Crippen LogP contribution in [0.1, 0.15) is 39.9 Å². The zero-order chi connectivity index (χ0) is 10.7. The van der Waals surface area contributed by atoms with Gasteiger partial charge in [0.25, 0.3) is 6.43 Å². The molecule has 0 spiro atoms. The Kier molecular flexibility index (Phi) is 3.57. The van der Waals surface area contributed by atoms with Gasteiger partial charge in [0.05, 0.1) is 10.4 Å². The Bertz CT molecular complexity index is 334. The number of thiophene rings is 1. The maximum absolute atomic E-state index is 12.3. The van der Waals surface area contributed by atoms with E-state index in [0.717, 1.165) is 23.8 Å². The first-order chi connectivity index (χ1) is 6.56. The Balaban J connectivity index is 3.05. The number of hydrogen-bond donors (Lipinski definition) is 1. The predicted molar refractivity (Wildman–Crippen MR) is 50.2 cm³/mol. The molecule has 5 heteroatoms. The van der Waals surface area contributed by atoms with Crippen molar-refractivity contribution in [2.24, 2.45) is 0 Å². The largest absolute Gasteiger partial charge is 0.478 e. The lowest BCUT2D eigenvalue weighted by Crippen LogP contribution is -1.97. The molecule has 1 N–H and O–H groups in total. The van der Waals surface area contributed by atoms with Crippen LogP contribution in [0.5, 0.6) is 0 Å². The van der Waals surface area contributed by atoms with Crippen LogP contribution in [0.3, 0.4) is 0 Å². The summed E-state index contributed by atoms with van der Waals surface area (Å²) < 4.78 is 24.6. The van der Waals surface area contributed by atoms with Crippen molar-refractivity contribution in [3.8, 4) is 0 Å². The fraction of sp³-hybridized carbons (Fsp3) is 0.444. The average molecular weight is 220 g/mol. The number of carbonyl (C=O) groups is 1. The number of hydrogen-bond acceptors (Lipinski definition) is 2. The molecular weight excluding hydrogens is 210 g/mol. The van der Waals surface area contributed by atoms with E-state index >= 15 is 0 Å². The van der Waals surface area contributed by atoms with Crippen molar-refractivity contribution >= 4 is 17.3 Å². The van der Waals surface area contributed by atoms with E-state index in [4.69, 9.17) is 5.11 Å². The second-order valence-corrected chi connectivity index (χ2v) is 4.01. The monoisotopic (exact) mass is 220 g/mol. The van der Waals surface area contributed by atoms with E-state index in [1.807, 2.05) is 6.92 Å². The molecule has 0 atom stereocenters. The summed E-state index contributed by atoms with van der Waals surface area (Å²) in [5.41, 5.74) is 0.0205. The molecule has 0 saturated carbocycles. The summed E-state index contributed by atoms with van der Waals surface area (Å²) in [4.78, 5) is 11.1. The third-order valence-electron chi connectivity index (χ3n) is 1.75. The first-order valence-electron chi connectivity index (χ1n) is 4.20. The molecule has 0 unspecified atom stereocenters. The molecule has 1 aromatic rings. The number of carboxylic acid groups (broad SMARTS) is 1. The van der Waals surface area contributed by atoms with Gasteiger partial charge in [-0.2, -0.15) is 0 Å². The SMILES string of the molecule is CCCc1sc(C(F)F)cc1C(=O)O. The second-order valence-electron chi connectivity index (χ2n) is 2.84. The lowest BCUT2D eigenvalue weighted by Gasteiger charge is -1.94. The molecule has 1 rings (SSSR count). The van der Waals surface area contributed by atoms with Gasteiger partial charge < -0.3 is 5.11 Å². The summed E-state index contributed by atoms with van der Waals surface area (Å²) in [6, 6.07) is 1.07. The summed E-state index contributed by atoms with van der Waals surface area (Å²) >= 11 is 0.890. The minimum Gasteiger partial charge on any atom is -0.478 e. The maximum Gasteiger partial charge on any atom is 0.336 e. The van der Waals surface area contributed by atoms with Gasteiger partial charge in [0.1, 0.15) is 0 Å². The van der Waals surface area contributed by atoms with Crippen LogP contribution in [0.4, 0.5) is 8.78 Å². The second kappa shape index (κ2) is 4.50. The third-order valence-corrected chi connectivity index (χ3v) is 2.95. The van der Waals surface area contributed by atoms with Crippen molar-refractivity contribution in [2.75, 3.05) is 0 Å². The van der Waals surface area contributed by atoms with E-state index in [-0.39, 0.29) is 10.4 Å². The molecule has 0 bridgehead atoms. The highest BCUT2D eigenvalue weighted by molar-refractivity contribution is 7.12. The van der Waals surface area contributed by atoms with Crippen LogP contribution in [0.2, 0.25) is 0 Å². The quantitative estimate of drug-likeness (QED) is 0.844. The number of aryl methyl sites for hydroxylation is 1. The zero-order valence-corrected chi connectivity index (χ0v) is 8.41. The van der Waals surface area contributed by atoms with Crippen LogP contribution in [0, 0.1) is 0 Å². The van der Waals surface area contributed by atoms with Crippen LogP contribution in [-0.2, 0) is 6.42 Å². The van der Waals surface area contributed by atoms with Crippen molar-refractivity contribution in [1.29, 1.82) is 0 Å². The molecule has 0 amide bonds. The van der Waals surface area contributed by atoms with E-state index in [2.05, 4.69) is 0 Å². The lowest BCUT2D eigenvalue weighted by molar-refractivity contribution is 0.0696. The number of carboxylic acids is 1. The minimum atomic E-state index is -2.58. The number of rotatable bonds is 4. The summed E-state index contributed by atoms with van der Waals surface area (Å²) in [6.45, 7) is 1.88. The zero-order valence-electron chi connectivity index (χ0n) is 7.59. The third kappa shape index (κ3) is 2.29. The molecule has 0 saturated heterocycles. The summed E-state index contributed by atoms with van der Waals surface area (Å²) in [6.07, 6.45) is -1.29. The van der Waals surface area contributed by atoms with E-state index < -0.39 is 12.4 Å². The standard InChI is InChI=1S/C9H10F2O2S/c1-2-3-6-5(9(12)13)4-7(14-6)8(10)11/h4,8H,2-3H2,1H3,(H,12,13). The van der Waals surface area contributed by atoms with Gasteiger partial charge in [0, 0.05) is 4.88 Å². The van der Waals surface area contributed by atoms with Crippen LogP contribution >= 0.6 is 11.3 Å². The molecule has 0 aliphatic rings. The first-order valence-corrected chi connectivity index (χ1v) is 5.02. The van der Waals surface area contributed by atoms with Gasteiger partial charge in [-0.05, 0) is 12.5 Å². The van der Waals surface area contributed by atoms with Crippen LogP contribution in [-0.4, -0.2) is 11.1 Å². The van der Waals surface area contributed by atoms with Gasteiger partial charge in [-0.1, -0.05) is 13.3 Å². The minimum absolute atomic E-state index is 0.0205. The van der Waals surface area contributed by atoms with Crippen LogP contribution < -0.4 is 0 Å². The molecule has 0 aliphatic carbocycles. The molecule has 1 heterocycles. The molecule has 0 fully saturated rings. The maximum atomic E-state index is 12.3. The molecular formula is C9H10F2O2S. The van der Waals surface area contributed by atoms with E-state index in [0.29, 0.717) is 11.3 Å². The van der Waals surface area contributed by atoms with E-state index in [1.165, 1.54) is 0 Å². The topological polar surface area (TPSA) is 37.3 Å². The average Bonchev–Trinajstić information content (AvgIpc) is 2.49. The van der Waals surface area contributed by atoms with Crippen molar-refractivity contribution in [2.45, 2.75) is 26.2 Å². The van der Waals surface area contributed by atoms with E-state index in [9.17, 15) is 13.6 Å². The Morgan fingerprint density at radius 3 is 2.71 bits per heavy atom. The van der Waals surface area contributed by atoms with Gasteiger partial charge in [-0.25, -0.2) is 13.6 Å². The smallest absolute Gasteiger partial charge is 0.336 e. The summed E-state index contributed by atoms with van der Waals surface area (Å²) in [5.74, 6) is -1.13. The molecule has 0 aromatic carbocycles. The molecule has 14 heavy (non-hydrogen) atoms. The highest BCUT2D eigenvalue weighted by atomic mass is 32.1. The van der Waals surface area contributed by atoms with Gasteiger partial charge in [0.15, 0.2) is 0 Å². The van der Waals surface area contributed by atoms with Gasteiger partial charge in [-0.15, -0.1) is 11.3 Å². The highest BCUT2D eigenvalue weighted by Crippen LogP contribution is 2.31. The highest BCUT2D eigenvalue weighted by Gasteiger charge is 2.18. The summed E-state index contributed by atoms with van der Waals surface area (Å²) in [7, 11) is 0. The normalized spacial score (nSPS) is 10.9. The fourth-order valence-corrected chi connectivity index (χ4v) is 2.26. The van der Waals surface area contributed by atoms with Crippen molar-refractivity contribution < 1.29 is 18.7 Å². The van der Waals surface area contributed by atoms with Crippen LogP contribution in [0.15, 0.2) is 6.07 Å². The molecule has 1 aromatic heterocycles. The Hall–Kier alpha value is -0.970. The summed E-state index contributed by atoms with van der Waals surface area (Å²) in [5, 5.41) is 8.75. The van der Waals surface area contributed by atoms with Gasteiger partial charge in [-0.3, -0.25) is 0 Å². The molecule has 0 aliphatic heterocycles. The molecule has 2 nitrogen and oxygen atoms in total.